The Morgan fingerprint density at radius 2 is 1.73 bits per heavy atom. The van der Waals surface area contributed by atoms with Crippen molar-refractivity contribution in [1.29, 1.82) is 0 Å². The zero-order chi connectivity index (χ0) is 23.4. The van der Waals surface area contributed by atoms with Crippen LogP contribution in [-0.2, 0) is 24.2 Å². The third kappa shape index (κ3) is 5.14. The Morgan fingerprint density at radius 3 is 2.45 bits per heavy atom. The first-order chi connectivity index (χ1) is 15.9. The number of carbonyl (C=O) groups excluding carboxylic acids is 1. The van der Waals surface area contributed by atoms with Gasteiger partial charge in [0.2, 0.25) is 5.91 Å². The summed E-state index contributed by atoms with van der Waals surface area (Å²) in [6, 6.07) is 23.5. The molecule has 1 N–H and O–H groups in total. The van der Waals surface area contributed by atoms with E-state index in [1.165, 1.54) is 5.56 Å². The molecule has 0 radical (unpaired) electrons. The largest absolute Gasteiger partial charge is 0.497 e. The van der Waals surface area contributed by atoms with E-state index in [0.717, 1.165) is 28.6 Å². The lowest BCUT2D eigenvalue weighted by Crippen LogP contribution is -2.30. The molecule has 3 aromatic carbocycles. The van der Waals surface area contributed by atoms with E-state index < -0.39 is 0 Å². The molecule has 4 aromatic rings. The van der Waals surface area contributed by atoms with Gasteiger partial charge in [-0.05, 0) is 67.5 Å². The van der Waals surface area contributed by atoms with Crippen LogP contribution in [0.3, 0.4) is 0 Å². The van der Waals surface area contributed by atoms with Crippen molar-refractivity contribution in [3.63, 3.8) is 0 Å². The first-order valence-electron chi connectivity index (χ1n) is 11.1. The fourth-order valence-corrected chi connectivity index (χ4v) is 4.09. The van der Waals surface area contributed by atoms with Crippen LogP contribution in [0.1, 0.15) is 22.3 Å². The van der Waals surface area contributed by atoms with Crippen molar-refractivity contribution in [1.82, 2.24) is 4.57 Å². The molecule has 4 rings (SSSR count). The van der Waals surface area contributed by atoms with Gasteiger partial charge in [-0.15, -0.1) is 0 Å². The highest BCUT2D eigenvalue weighted by atomic mass is 16.5. The monoisotopic (exact) mass is 440 g/mol. The minimum atomic E-state index is -0.242. The zero-order valence-electron chi connectivity index (χ0n) is 19.2. The number of hydrogen-bond acceptors (Lipinski definition) is 3. The van der Waals surface area contributed by atoms with Gasteiger partial charge in [-0.1, -0.05) is 48.0 Å². The SMILES string of the molecule is COc1ccc2cc(CCc3ccccc3)c(=O)n(CC(=O)Nc3ccc(C)cc3C)c2c1. The summed E-state index contributed by atoms with van der Waals surface area (Å²) in [5.41, 5.74) is 5.26. The third-order valence-electron chi connectivity index (χ3n) is 5.86. The van der Waals surface area contributed by atoms with Gasteiger partial charge in [-0.3, -0.25) is 14.2 Å². The average Bonchev–Trinajstić information content (AvgIpc) is 2.82. The third-order valence-corrected chi connectivity index (χ3v) is 5.86. The molecule has 1 amide bonds. The summed E-state index contributed by atoms with van der Waals surface area (Å²) in [6.07, 6.45) is 1.36. The molecule has 0 aliphatic heterocycles. The molecule has 0 aliphatic rings. The Labute approximate surface area is 193 Å². The molecule has 0 saturated heterocycles. The molecule has 0 saturated carbocycles. The number of fused-ring (bicyclic) bond motifs is 1. The smallest absolute Gasteiger partial charge is 0.254 e. The van der Waals surface area contributed by atoms with E-state index >= 15 is 0 Å². The van der Waals surface area contributed by atoms with Crippen LogP contribution >= 0.6 is 0 Å². The van der Waals surface area contributed by atoms with Crippen LogP contribution in [0.15, 0.2) is 77.6 Å². The Kier molecular flexibility index (Phi) is 6.59. The summed E-state index contributed by atoms with van der Waals surface area (Å²) < 4.78 is 6.92. The van der Waals surface area contributed by atoms with Crippen molar-refractivity contribution in [3.8, 4) is 5.75 Å². The second kappa shape index (κ2) is 9.74. The number of aromatic nitrogens is 1. The highest BCUT2D eigenvalue weighted by molar-refractivity contribution is 5.92. The maximum Gasteiger partial charge on any atom is 0.254 e. The summed E-state index contributed by atoms with van der Waals surface area (Å²) in [5.74, 6) is 0.399. The fourth-order valence-electron chi connectivity index (χ4n) is 4.09. The fraction of sp³-hybridized carbons (Fsp3) is 0.214. The maximum absolute atomic E-state index is 13.4. The number of benzene rings is 3. The van der Waals surface area contributed by atoms with E-state index in [9.17, 15) is 9.59 Å². The lowest BCUT2D eigenvalue weighted by molar-refractivity contribution is -0.116. The van der Waals surface area contributed by atoms with E-state index in [1.807, 2.05) is 74.5 Å². The number of nitrogens with one attached hydrogen (secondary N) is 1. The van der Waals surface area contributed by atoms with Crippen LogP contribution in [0.5, 0.6) is 5.75 Å². The minimum Gasteiger partial charge on any atom is -0.497 e. The van der Waals surface area contributed by atoms with Crippen LogP contribution < -0.4 is 15.6 Å². The first kappa shape index (κ1) is 22.3. The first-order valence-corrected chi connectivity index (χ1v) is 11.1. The molecule has 0 fully saturated rings. The van der Waals surface area contributed by atoms with Crippen molar-refractivity contribution in [2.75, 3.05) is 12.4 Å². The van der Waals surface area contributed by atoms with Crippen LogP contribution in [-0.4, -0.2) is 17.6 Å². The number of pyridine rings is 1. The summed E-state index contributed by atoms with van der Waals surface area (Å²) >= 11 is 0. The molecule has 0 unspecified atom stereocenters. The van der Waals surface area contributed by atoms with Gasteiger partial charge in [-0.25, -0.2) is 0 Å². The number of hydrogen-bond donors (Lipinski definition) is 1. The Morgan fingerprint density at radius 1 is 0.939 bits per heavy atom. The second-order valence-electron chi connectivity index (χ2n) is 8.34. The molecule has 5 nitrogen and oxygen atoms in total. The number of carbonyl (C=O) groups is 1. The van der Waals surface area contributed by atoms with Gasteiger partial charge in [0.15, 0.2) is 0 Å². The average molecular weight is 441 g/mol. The molecule has 1 heterocycles. The minimum absolute atomic E-state index is 0.0744. The van der Waals surface area contributed by atoms with E-state index in [1.54, 1.807) is 11.7 Å². The molecule has 0 atom stereocenters. The molecule has 0 aliphatic carbocycles. The van der Waals surface area contributed by atoms with Crippen molar-refractivity contribution < 1.29 is 9.53 Å². The van der Waals surface area contributed by atoms with Gasteiger partial charge >= 0.3 is 0 Å². The summed E-state index contributed by atoms with van der Waals surface area (Å²) in [5, 5.41) is 3.85. The van der Waals surface area contributed by atoms with Gasteiger partial charge in [0.1, 0.15) is 12.3 Å². The van der Waals surface area contributed by atoms with Gasteiger partial charge < -0.3 is 10.1 Å². The summed E-state index contributed by atoms with van der Waals surface area (Å²) in [6.45, 7) is 3.90. The van der Waals surface area contributed by atoms with Crippen molar-refractivity contribution in [3.05, 3.63) is 105 Å². The molecule has 33 heavy (non-hydrogen) atoms. The molecule has 1 aromatic heterocycles. The number of anilines is 1. The van der Waals surface area contributed by atoms with Crippen LogP contribution in [0.25, 0.3) is 10.9 Å². The summed E-state index contributed by atoms with van der Waals surface area (Å²) in [4.78, 5) is 26.4. The second-order valence-corrected chi connectivity index (χ2v) is 8.34. The molecule has 0 spiro atoms. The van der Waals surface area contributed by atoms with Crippen LogP contribution in [0.4, 0.5) is 5.69 Å². The Balaban J connectivity index is 1.68. The lowest BCUT2D eigenvalue weighted by Gasteiger charge is -2.15. The van der Waals surface area contributed by atoms with Gasteiger partial charge in [0.05, 0.1) is 12.6 Å². The van der Waals surface area contributed by atoms with E-state index in [2.05, 4.69) is 17.4 Å². The topological polar surface area (TPSA) is 60.3 Å². The van der Waals surface area contributed by atoms with Crippen molar-refractivity contribution in [2.24, 2.45) is 0 Å². The Hall–Kier alpha value is -3.86. The number of rotatable bonds is 7. The van der Waals surface area contributed by atoms with Crippen molar-refractivity contribution in [2.45, 2.75) is 33.2 Å². The van der Waals surface area contributed by atoms with E-state index in [4.69, 9.17) is 4.74 Å². The van der Waals surface area contributed by atoms with Crippen LogP contribution in [0, 0.1) is 13.8 Å². The quantitative estimate of drug-likeness (QED) is 0.437. The predicted octanol–water partition coefficient (Wildman–Crippen LogP) is 5.05. The number of aryl methyl sites for hydroxylation is 4. The van der Waals surface area contributed by atoms with Gasteiger partial charge in [-0.2, -0.15) is 0 Å². The zero-order valence-corrected chi connectivity index (χ0v) is 19.2. The molecule has 5 heteroatoms. The predicted molar refractivity (Wildman–Crippen MR) is 133 cm³/mol. The number of amides is 1. The standard InChI is InChI=1S/C28H28N2O3/c1-19-9-14-25(20(2)15-19)29-27(31)18-30-26-17-24(33-3)13-12-22(26)16-23(28(30)32)11-10-21-7-5-4-6-8-21/h4-9,12-17H,10-11,18H2,1-3H3,(H,29,31). The summed E-state index contributed by atoms with van der Waals surface area (Å²) in [7, 11) is 1.59. The van der Waals surface area contributed by atoms with Crippen LogP contribution in [0.2, 0.25) is 0 Å². The normalized spacial score (nSPS) is 10.9. The molecule has 168 valence electrons. The van der Waals surface area contributed by atoms with Gasteiger partial charge in [0, 0.05) is 17.3 Å². The Bertz CT molecular complexity index is 1360. The number of nitrogens with zero attached hydrogens (tertiary/aromatic N) is 1. The molecule has 0 bridgehead atoms. The van der Waals surface area contributed by atoms with Gasteiger partial charge in [0.25, 0.3) is 5.56 Å². The molecular weight excluding hydrogens is 412 g/mol. The maximum atomic E-state index is 13.4. The van der Waals surface area contributed by atoms with E-state index in [-0.39, 0.29) is 18.0 Å². The van der Waals surface area contributed by atoms with E-state index in [0.29, 0.717) is 23.3 Å². The lowest BCUT2D eigenvalue weighted by atomic mass is 10.0. The number of methoxy groups -OCH3 is 1. The van der Waals surface area contributed by atoms with Crippen molar-refractivity contribution >= 4 is 22.5 Å². The highest BCUT2D eigenvalue weighted by Crippen LogP contribution is 2.22. The number of ether oxygens (including phenoxy) is 1. The molecular formula is C28H28N2O3. The highest BCUT2D eigenvalue weighted by Gasteiger charge is 2.14.